The Labute approximate surface area is 58.0 Å². The van der Waals surface area contributed by atoms with Crippen LogP contribution in [-0.4, -0.2) is 4.98 Å². The van der Waals surface area contributed by atoms with E-state index >= 15 is 0 Å². The molecule has 0 amide bonds. The molecule has 1 rings (SSSR count). The van der Waals surface area contributed by atoms with Gasteiger partial charge in [-0.05, 0) is 32.1 Å². The van der Waals surface area contributed by atoms with Crippen molar-refractivity contribution in [2.24, 2.45) is 0 Å². The molecule has 1 heterocycles. The van der Waals surface area contributed by atoms with Crippen molar-refractivity contribution in [1.29, 1.82) is 0 Å². The quantitative estimate of drug-likeness (QED) is 0.580. The molecule has 0 aliphatic rings. The van der Waals surface area contributed by atoms with Gasteiger partial charge >= 0.3 is 0 Å². The molecule has 8 heavy (non-hydrogen) atoms. The highest BCUT2D eigenvalue weighted by atomic mass is 79.9. The fraction of sp³-hybridized carbons (Fsp3) is 0.250. The molecule has 44 valence electrons. The van der Waals surface area contributed by atoms with Crippen LogP contribution < -0.4 is 5.63 Å². The number of halogens is 1. The summed E-state index contributed by atoms with van der Waals surface area (Å²) in [5.74, 6) is 0. The van der Waals surface area contributed by atoms with Gasteiger partial charge in [-0.3, -0.25) is 0 Å². The van der Waals surface area contributed by atoms with Gasteiger partial charge in [0.1, 0.15) is 0 Å². The highest BCUT2D eigenvalue weighted by Gasteiger charge is 1.99. The van der Waals surface area contributed by atoms with Crippen molar-refractivity contribution in [3.63, 3.8) is 0 Å². The molecule has 2 nitrogen and oxygen atoms in total. The fourth-order valence-electron chi connectivity index (χ4n) is 0.398. The number of oxazole rings is 1. The van der Waals surface area contributed by atoms with Gasteiger partial charge in [0.05, 0.1) is 5.69 Å². The van der Waals surface area contributed by atoms with Crippen LogP contribution in [0.3, 0.4) is 0 Å². The summed E-state index contributed by atoms with van der Waals surface area (Å²) in [6, 6.07) is 0. The van der Waals surface area contributed by atoms with E-state index in [2.05, 4.69) is 30.2 Å². The third-order valence-corrected chi connectivity index (χ3v) is 1.74. The third-order valence-electron chi connectivity index (χ3n) is 0.757. The minimum Gasteiger partial charge on any atom is -0.430 e. The van der Waals surface area contributed by atoms with Gasteiger partial charge < -0.3 is 4.42 Å². The van der Waals surface area contributed by atoms with Crippen LogP contribution in [0.15, 0.2) is 9.09 Å². The molecule has 0 fully saturated rings. The van der Waals surface area contributed by atoms with Crippen LogP contribution in [0.5, 0.6) is 0 Å². The summed E-state index contributed by atoms with van der Waals surface area (Å²) in [7, 11) is 2.38. The van der Waals surface area contributed by atoms with Crippen LogP contribution in [0.2, 0.25) is 0 Å². The van der Waals surface area contributed by atoms with Gasteiger partial charge in [0, 0.05) is 0 Å². The number of rotatable bonds is 0. The molecule has 1 aromatic rings. The normalized spacial score (nSPS) is 9.88. The minimum absolute atomic E-state index is 0.620. The second kappa shape index (κ2) is 2.16. The monoisotopic (exact) mass is 193 g/mol. The van der Waals surface area contributed by atoms with E-state index in [1.165, 1.54) is 0 Å². The van der Waals surface area contributed by atoms with Crippen LogP contribution in [0.25, 0.3) is 0 Å². The van der Waals surface area contributed by atoms with Crippen LogP contribution in [0, 0.1) is 6.92 Å². The summed E-state index contributed by atoms with van der Waals surface area (Å²) in [5, 5.41) is 0. The third kappa shape index (κ3) is 1.09. The highest BCUT2D eigenvalue weighted by Crippen LogP contribution is 2.12. The van der Waals surface area contributed by atoms with E-state index in [9.17, 15) is 0 Å². The molecule has 1 unspecified atom stereocenters. The zero-order valence-corrected chi connectivity index (χ0v) is 7.05. The molecule has 0 spiro atoms. The number of nitrogens with zero attached hydrogens (tertiary/aromatic N) is 1. The van der Waals surface area contributed by atoms with Crippen molar-refractivity contribution >= 4 is 30.8 Å². The van der Waals surface area contributed by atoms with Crippen molar-refractivity contribution in [2.45, 2.75) is 6.92 Å². The number of hydrogen-bond acceptors (Lipinski definition) is 2. The lowest BCUT2D eigenvalue weighted by Crippen LogP contribution is -1.86. The van der Waals surface area contributed by atoms with Gasteiger partial charge in [-0.25, -0.2) is 4.98 Å². The van der Waals surface area contributed by atoms with E-state index in [-0.39, 0.29) is 0 Å². The minimum atomic E-state index is 0.620. The predicted molar refractivity (Wildman–Crippen MR) is 38.3 cm³/mol. The first-order chi connectivity index (χ1) is 3.70. The summed E-state index contributed by atoms with van der Waals surface area (Å²) in [4.78, 5) is 3.96. The summed E-state index contributed by atoms with van der Waals surface area (Å²) >= 11 is 3.17. The number of hydrogen-bond donors (Lipinski definition) is 0. The van der Waals surface area contributed by atoms with E-state index in [1.807, 2.05) is 6.92 Å². The molecule has 0 N–H and O–H groups in total. The average Bonchev–Trinajstić information content (AvgIpc) is 1.85. The van der Waals surface area contributed by atoms with Gasteiger partial charge in [0.2, 0.25) is 5.63 Å². The van der Waals surface area contributed by atoms with Crippen LogP contribution in [0.1, 0.15) is 5.69 Å². The Morgan fingerprint density at radius 1 is 1.75 bits per heavy atom. The smallest absolute Gasteiger partial charge is 0.211 e. The van der Waals surface area contributed by atoms with E-state index in [4.69, 9.17) is 4.42 Å². The molecular formula is C4H5BrNOP. The Hall–Kier alpha value is 0.120. The topological polar surface area (TPSA) is 26.0 Å². The second-order valence-corrected chi connectivity index (χ2v) is 2.63. The van der Waals surface area contributed by atoms with Crippen molar-refractivity contribution in [1.82, 2.24) is 4.98 Å². The largest absolute Gasteiger partial charge is 0.430 e. The van der Waals surface area contributed by atoms with Gasteiger partial charge in [-0.1, -0.05) is 0 Å². The lowest BCUT2D eigenvalue weighted by atomic mass is 10.6. The first kappa shape index (κ1) is 6.24. The second-order valence-electron chi connectivity index (χ2n) is 1.41. The molecular weight excluding hydrogens is 189 g/mol. The number of aryl methyl sites for hydroxylation is 1. The van der Waals surface area contributed by atoms with Crippen LogP contribution in [-0.2, 0) is 0 Å². The van der Waals surface area contributed by atoms with Gasteiger partial charge in [0.25, 0.3) is 0 Å². The van der Waals surface area contributed by atoms with Crippen LogP contribution in [0.4, 0.5) is 0 Å². The maximum Gasteiger partial charge on any atom is 0.211 e. The van der Waals surface area contributed by atoms with Crippen LogP contribution >= 0.6 is 25.2 Å². The Morgan fingerprint density at radius 2 is 2.38 bits per heavy atom. The van der Waals surface area contributed by atoms with E-state index in [0.717, 1.165) is 5.69 Å². The zero-order valence-electron chi connectivity index (χ0n) is 4.31. The molecule has 0 saturated carbocycles. The SMILES string of the molecule is Cc1nc(P)oc1Br. The van der Waals surface area contributed by atoms with Crippen molar-refractivity contribution in [2.75, 3.05) is 0 Å². The van der Waals surface area contributed by atoms with E-state index in [1.54, 1.807) is 0 Å². The zero-order chi connectivity index (χ0) is 6.15. The Balaban J connectivity index is 3.14. The first-order valence-electron chi connectivity index (χ1n) is 2.08. The summed E-state index contributed by atoms with van der Waals surface area (Å²) < 4.78 is 5.69. The summed E-state index contributed by atoms with van der Waals surface area (Å²) in [6.45, 7) is 1.88. The maximum absolute atomic E-state index is 4.98. The molecule has 4 heteroatoms. The van der Waals surface area contributed by atoms with Crippen molar-refractivity contribution < 1.29 is 4.42 Å². The Bertz CT molecular complexity index is 178. The highest BCUT2D eigenvalue weighted by molar-refractivity contribution is 9.10. The van der Waals surface area contributed by atoms with Gasteiger partial charge in [0.15, 0.2) is 4.67 Å². The molecule has 0 aliphatic carbocycles. The molecule has 1 atom stereocenters. The molecule has 0 aliphatic heterocycles. The van der Waals surface area contributed by atoms with Gasteiger partial charge in [-0.2, -0.15) is 0 Å². The maximum atomic E-state index is 4.98. The molecule has 0 bridgehead atoms. The van der Waals surface area contributed by atoms with E-state index in [0.29, 0.717) is 10.3 Å². The standard InChI is InChI=1S/C4H5BrNOP/c1-2-3(5)7-4(8)6-2/h8H2,1H3. The summed E-state index contributed by atoms with van der Waals surface area (Å²) in [5.41, 5.74) is 1.50. The van der Waals surface area contributed by atoms with Crippen molar-refractivity contribution in [3.8, 4) is 0 Å². The van der Waals surface area contributed by atoms with Crippen molar-refractivity contribution in [3.05, 3.63) is 10.4 Å². The Kier molecular flexibility index (Phi) is 1.68. The fourth-order valence-corrected chi connectivity index (χ4v) is 1.14. The number of aromatic nitrogens is 1. The Morgan fingerprint density at radius 3 is 2.50 bits per heavy atom. The van der Waals surface area contributed by atoms with E-state index < -0.39 is 0 Å². The molecule has 0 saturated heterocycles. The lowest BCUT2D eigenvalue weighted by molar-refractivity contribution is 0.570. The molecule has 1 aromatic heterocycles. The lowest BCUT2D eigenvalue weighted by Gasteiger charge is -1.74. The average molecular weight is 194 g/mol. The molecule has 0 aromatic carbocycles. The predicted octanol–water partition coefficient (Wildman–Crippen LogP) is 1.25. The molecule has 0 radical (unpaired) electrons. The van der Waals surface area contributed by atoms with Gasteiger partial charge in [-0.15, -0.1) is 0 Å². The summed E-state index contributed by atoms with van der Waals surface area (Å²) in [6.07, 6.45) is 0. The first-order valence-corrected chi connectivity index (χ1v) is 3.45.